The van der Waals surface area contributed by atoms with Crippen LogP contribution in [0.5, 0.6) is 0 Å². The lowest BCUT2D eigenvalue weighted by atomic mass is 10.6. The van der Waals surface area contributed by atoms with Crippen LogP contribution < -0.4 is 10.0 Å². The van der Waals surface area contributed by atoms with Crippen molar-refractivity contribution in [1.29, 1.82) is 0 Å². The Bertz CT molecular complexity index is 406. The quantitative estimate of drug-likeness (QED) is 0.774. The van der Waals surface area contributed by atoms with Crippen molar-refractivity contribution in [3.63, 3.8) is 0 Å². The molecule has 1 aromatic rings. The monoisotopic (exact) mass is 250 g/mol. The molecule has 0 saturated carbocycles. The van der Waals surface area contributed by atoms with Gasteiger partial charge in [-0.15, -0.1) is 0 Å². The van der Waals surface area contributed by atoms with E-state index in [1.165, 1.54) is 19.4 Å². The van der Waals surface area contributed by atoms with Crippen LogP contribution in [0, 0.1) is 0 Å². The van der Waals surface area contributed by atoms with Crippen LogP contribution in [0.15, 0.2) is 12.4 Å². The molecule has 0 aliphatic carbocycles. The fourth-order valence-corrected chi connectivity index (χ4v) is 1.48. The highest BCUT2D eigenvalue weighted by atomic mass is 35.5. The van der Waals surface area contributed by atoms with Gasteiger partial charge in [-0.2, -0.15) is 0 Å². The fourth-order valence-electron chi connectivity index (χ4n) is 0.803. The third-order valence-electron chi connectivity index (χ3n) is 1.59. The number of halogens is 1. The number of aromatic nitrogens is 2. The van der Waals surface area contributed by atoms with Crippen molar-refractivity contribution in [3.05, 3.63) is 17.4 Å². The highest BCUT2D eigenvalue weighted by molar-refractivity contribution is 7.89. The molecule has 0 aliphatic heterocycles. The van der Waals surface area contributed by atoms with Gasteiger partial charge < -0.3 is 5.32 Å². The first kappa shape index (κ1) is 12.2. The lowest BCUT2D eigenvalue weighted by Gasteiger charge is -2.04. The van der Waals surface area contributed by atoms with Crippen LogP contribution in [-0.2, 0) is 10.0 Å². The van der Waals surface area contributed by atoms with E-state index in [9.17, 15) is 8.42 Å². The van der Waals surface area contributed by atoms with Crippen LogP contribution in [0.2, 0.25) is 5.02 Å². The Hall–Kier alpha value is -0.920. The molecule has 0 amide bonds. The summed E-state index contributed by atoms with van der Waals surface area (Å²) in [5.74, 6) is 0.320. The van der Waals surface area contributed by atoms with Gasteiger partial charge in [-0.3, -0.25) is 0 Å². The van der Waals surface area contributed by atoms with Crippen molar-refractivity contribution in [2.45, 2.75) is 0 Å². The molecule has 0 atom stereocenters. The van der Waals surface area contributed by atoms with Crippen molar-refractivity contribution in [1.82, 2.24) is 14.7 Å². The van der Waals surface area contributed by atoms with E-state index in [1.807, 2.05) is 0 Å². The first-order valence-corrected chi connectivity index (χ1v) is 6.19. The Morgan fingerprint density at radius 2 is 2.00 bits per heavy atom. The number of hydrogen-bond acceptors (Lipinski definition) is 5. The van der Waals surface area contributed by atoms with E-state index < -0.39 is 10.0 Å². The van der Waals surface area contributed by atoms with Crippen molar-refractivity contribution in [2.24, 2.45) is 0 Å². The second-order valence-electron chi connectivity index (χ2n) is 2.67. The molecule has 0 unspecified atom stereocenters. The van der Waals surface area contributed by atoms with E-state index in [-0.39, 0.29) is 12.3 Å². The number of nitrogens with zero attached hydrogens (tertiary/aromatic N) is 2. The van der Waals surface area contributed by atoms with Gasteiger partial charge in [0.15, 0.2) is 0 Å². The first-order valence-electron chi connectivity index (χ1n) is 4.16. The molecule has 84 valence electrons. The van der Waals surface area contributed by atoms with Crippen molar-refractivity contribution in [2.75, 3.05) is 24.7 Å². The summed E-state index contributed by atoms with van der Waals surface area (Å²) in [7, 11) is -1.82. The average molecular weight is 251 g/mol. The molecule has 1 rings (SSSR count). The summed E-state index contributed by atoms with van der Waals surface area (Å²) in [6.07, 6.45) is 2.87. The maximum atomic E-state index is 11.0. The van der Waals surface area contributed by atoms with Gasteiger partial charge in [0, 0.05) is 6.54 Å². The van der Waals surface area contributed by atoms with Gasteiger partial charge in [-0.1, -0.05) is 11.6 Å². The van der Waals surface area contributed by atoms with E-state index in [0.29, 0.717) is 11.0 Å². The largest absolute Gasteiger partial charge is 0.353 e. The number of sulfonamides is 1. The molecule has 1 aromatic heterocycles. The molecule has 15 heavy (non-hydrogen) atoms. The zero-order valence-electron chi connectivity index (χ0n) is 8.07. The minimum absolute atomic E-state index is 0.0323. The zero-order chi connectivity index (χ0) is 11.3. The van der Waals surface area contributed by atoms with Crippen molar-refractivity contribution in [3.8, 4) is 0 Å². The minimum atomic E-state index is -3.19. The van der Waals surface area contributed by atoms with E-state index in [1.54, 1.807) is 0 Å². The van der Waals surface area contributed by atoms with Crippen LogP contribution in [0.3, 0.4) is 0 Å². The van der Waals surface area contributed by atoms with E-state index in [4.69, 9.17) is 11.6 Å². The SMILES string of the molecule is CNS(=O)(=O)CCNc1ncc(Cl)cn1. The molecule has 1 heterocycles. The van der Waals surface area contributed by atoms with Gasteiger partial charge in [-0.25, -0.2) is 23.1 Å². The Morgan fingerprint density at radius 3 is 2.53 bits per heavy atom. The third-order valence-corrected chi connectivity index (χ3v) is 3.14. The molecule has 0 aromatic carbocycles. The molecule has 8 heteroatoms. The summed E-state index contributed by atoms with van der Waals surface area (Å²) in [5.41, 5.74) is 0. The maximum Gasteiger partial charge on any atom is 0.222 e. The van der Waals surface area contributed by atoms with Crippen LogP contribution in [-0.4, -0.2) is 37.7 Å². The first-order chi connectivity index (χ1) is 7.03. The van der Waals surface area contributed by atoms with Crippen LogP contribution in [0.25, 0.3) is 0 Å². The van der Waals surface area contributed by atoms with E-state index >= 15 is 0 Å². The highest BCUT2D eigenvalue weighted by Gasteiger charge is 2.06. The summed E-state index contributed by atoms with van der Waals surface area (Å²) in [5, 5.41) is 3.20. The Labute approximate surface area is 93.1 Å². The highest BCUT2D eigenvalue weighted by Crippen LogP contribution is 2.04. The number of rotatable bonds is 5. The molecular formula is C7H11ClN4O2S. The second kappa shape index (κ2) is 5.24. The Kier molecular flexibility index (Phi) is 4.25. The number of nitrogens with one attached hydrogen (secondary N) is 2. The van der Waals surface area contributed by atoms with Gasteiger partial charge in [0.1, 0.15) is 0 Å². The second-order valence-corrected chi connectivity index (χ2v) is 5.16. The van der Waals surface area contributed by atoms with E-state index in [0.717, 1.165) is 0 Å². The molecule has 0 aliphatic rings. The lowest BCUT2D eigenvalue weighted by molar-refractivity contribution is 0.588. The topological polar surface area (TPSA) is 84.0 Å². The number of anilines is 1. The summed E-state index contributed by atoms with van der Waals surface area (Å²) in [6, 6.07) is 0. The molecule has 0 spiro atoms. The third kappa shape index (κ3) is 4.41. The van der Waals surface area contributed by atoms with Crippen molar-refractivity contribution < 1.29 is 8.42 Å². The average Bonchev–Trinajstić information content (AvgIpc) is 2.21. The van der Waals surface area contributed by atoms with Crippen LogP contribution in [0.4, 0.5) is 5.95 Å². The van der Waals surface area contributed by atoms with Crippen LogP contribution in [0.1, 0.15) is 0 Å². The van der Waals surface area contributed by atoms with Crippen LogP contribution >= 0.6 is 11.6 Å². The maximum absolute atomic E-state index is 11.0. The molecule has 0 radical (unpaired) electrons. The van der Waals surface area contributed by atoms with Gasteiger partial charge in [0.25, 0.3) is 0 Å². The molecule has 2 N–H and O–H groups in total. The summed E-state index contributed by atoms with van der Waals surface area (Å²) in [6.45, 7) is 0.241. The predicted molar refractivity (Wildman–Crippen MR) is 58.4 cm³/mol. The summed E-state index contributed by atoms with van der Waals surface area (Å²) >= 11 is 5.58. The normalized spacial score (nSPS) is 11.3. The van der Waals surface area contributed by atoms with E-state index in [2.05, 4.69) is 20.0 Å². The van der Waals surface area contributed by atoms with Gasteiger partial charge >= 0.3 is 0 Å². The minimum Gasteiger partial charge on any atom is -0.353 e. The van der Waals surface area contributed by atoms with Crippen molar-refractivity contribution >= 4 is 27.6 Å². The summed E-state index contributed by atoms with van der Waals surface area (Å²) < 4.78 is 24.3. The Balaban J connectivity index is 2.42. The molecule has 6 nitrogen and oxygen atoms in total. The molecular weight excluding hydrogens is 240 g/mol. The standard InChI is InChI=1S/C7H11ClN4O2S/c1-9-15(13,14)3-2-10-7-11-4-6(8)5-12-7/h4-5,9H,2-3H2,1H3,(H,10,11,12). The zero-order valence-corrected chi connectivity index (χ0v) is 9.64. The predicted octanol–water partition coefficient (Wildman–Crippen LogP) is 0.0911. The number of hydrogen-bond donors (Lipinski definition) is 2. The smallest absolute Gasteiger partial charge is 0.222 e. The molecule has 0 bridgehead atoms. The molecule has 0 saturated heterocycles. The van der Waals surface area contributed by atoms with Gasteiger partial charge in [0.2, 0.25) is 16.0 Å². The molecule has 0 fully saturated rings. The lowest BCUT2D eigenvalue weighted by Crippen LogP contribution is -2.26. The summed E-state index contributed by atoms with van der Waals surface area (Å²) in [4.78, 5) is 7.71. The fraction of sp³-hybridized carbons (Fsp3) is 0.429. The Morgan fingerprint density at radius 1 is 1.40 bits per heavy atom. The van der Waals surface area contributed by atoms with Gasteiger partial charge in [-0.05, 0) is 7.05 Å². The van der Waals surface area contributed by atoms with Gasteiger partial charge in [0.05, 0.1) is 23.2 Å².